The van der Waals surface area contributed by atoms with Crippen molar-refractivity contribution in [2.24, 2.45) is 0 Å². The Bertz CT molecular complexity index is 896. The Morgan fingerprint density at radius 3 is 2.59 bits per heavy atom. The van der Waals surface area contributed by atoms with Gasteiger partial charge >= 0.3 is 0 Å². The zero-order valence-electron chi connectivity index (χ0n) is 15.8. The molecule has 2 aromatic rings. The van der Waals surface area contributed by atoms with Gasteiger partial charge in [-0.25, -0.2) is 0 Å². The van der Waals surface area contributed by atoms with E-state index >= 15 is 0 Å². The standard InChI is InChI=1S/C20H22N4O5/c25-19(15-4-3-5-16(14-15)24(27)28)22-18-7-2-1-6-17(18)20(26)21-8-9-23-10-12-29-13-11-23/h1-7,14H,8-13H2,(H,21,26)(H,22,25)/p+1. The normalized spacial score (nSPS) is 14.2. The molecule has 0 aliphatic carbocycles. The zero-order chi connectivity index (χ0) is 20.6. The van der Waals surface area contributed by atoms with Crippen LogP contribution in [0.15, 0.2) is 48.5 Å². The summed E-state index contributed by atoms with van der Waals surface area (Å²) in [4.78, 5) is 36.8. The maximum Gasteiger partial charge on any atom is 0.270 e. The minimum atomic E-state index is -0.561. The first-order chi connectivity index (χ1) is 14.0. The van der Waals surface area contributed by atoms with Gasteiger partial charge in [0.05, 0.1) is 42.5 Å². The number of carbonyl (C=O) groups excluding carboxylic acids is 2. The lowest BCUT2D eigenvalue weighted by Crippen LogP contribution is -3.14. The van der Waals surface area contributed by atoms with Crippen LogP contribution in [-0.2, 0) is 4.74 Å². The summed E-state index contributed by atoms with van der Waals surface area (Å²) in [5, 5.41) is 16.5. The third kappa shape index (κ3) is 5.59. The van der Waals surface area contributed by atoms with E-state index in [2.05, 4.69) is 10.6 Å². The fraction of sp³-hybridized carbons (Fsp3) is 0.300. The summed E-state index contributed by atoms with van der Waals surface area (Å²) < 4.78 is 5.32. The topological polar surface area (TPSA) is 115 Å². The maximum atomic E-state index is 12.6. The molecule has 152 valence electrons. The second kappa shape index (κ2) is 9.76. The fourth-order valence-electron chi connectivity index (χ4n) is 3.10. The Morgan fingerprint density at radius 1 is 1.07 bits per heavy atom. The van der Waals surface area contributed by atoms with Gasteiger partial charge in [-0.2, -0.15) is 0 Å². The second-order valence-corrected chi connectivity index (χ2v) is 6.68. The summed E-state index contributed by atoms with van der Waals surface area (Å²) in [5.41, 5.74) is 0.656. The van der Waals surface area contributed by atoms with Crippen LogP contribution in [0.2, 0.25) is 0 Å². The molecule has 0 aromatic heterocycles. The van der Waals surface area contributed by atoms with E-state index in [0.717, 1.165) is 32.8 Å². The molecule has 0 saturated carbocycles. The number of quaternary nitrogens is 1. The third-order valence-electron chi connectivity index (χ3n) is 4.70. The van der Waals surface area contributed by atoms with Crippen molar-refractivity contribution in [3.05, 3.63) is 69.8 Å². The molecular weight excluding hydrogens is 376 g/mol. The van der Waals surface area contributed by atoms with Crippen LogP contribution in [0.4, 0.5) is 11.4 Å². The van der Waals surface area contributed by atoms with Crippen LogP contribution in [-0.4, -0.2) is 56.1 Å². The molecule has 1 aliphatic rings. The summed E-state index contributed by atoms with van der Waals surface area (Å²) in [5.74, 6) is -0.806. The van der Waals surface area contributed by atoms with Gasteiger partial charge < -0.3 is 20.3 Å². The molecule has 0 radical (unpaired) electrons. The number of hydrogen-bond donors (Lipinski definition) is 3. The van der Waals surface area contributed by atoms with E-state index in [4.69, 9.17) is 4.74 Å². The van der Waals surface area contributed by atoms with Gasteiger partial charge in [0.1, 0.15) is 13.1 Å². The monoisotopic (exact) mass is 399 g/mol. The lowest BCUT2D eigenvalue weighted by molar-refractivity contribution is -0.906. The third-order valence-corrected chi connectivity index (χ3v) is 4.70. The molecule has 1 aliphatic heterocycles. The largest absolute Gasteiger partial charge is 0.370 e. The predicted molar refractivity (Wildman–Crippen MR) is 106 cm³/mol. The lowest BCUT2D eigenvalue weighted by Gasteiger charge is -2.23. The second-order valence-electron chi connectivity index (χ2n) is 6.68. The fourth-order valence-corrected chi connectivity index (χ4v) is 3.10. The highest BCUT2D eigenvalue weighted by Crippen LogP contribution is 2.18. The van der Waals surface area contributed by atoms with E-state index in [9.17, 15) is 19.7 Å². The molecule has 3 N–H and O–H groups in total. The number of rotatable bonds is 7. The molecule has 0 bridgehead atoms. The van der Waals surface area contributed by atoms with Gasteiger partial charge in [-0.05, 0) is 18.2 Å². The summed E-state index contributed by atoms with van der Waals surface area (Å²) >= 11 is 0. The molecule has 1 fully saturated rings. The van der Waals surface area contributed by atoms with Crippen molar-refractivity contribution in [3.63, 3.8) is 0 Å². The molecule has 0 spiro atoms. The highest BCUT2D eigenvalue weighted by atomic mass is 16.6. The van der Waals surface area contributed by atoms with E-state index in [-0.39, 0.29) is 17.2 Å². The van der Waals surface area contributed by atoms with Gasteiger partial charge in [-0.3, -0.25) is 19.7 Å². The summed E-state index contributed by atoms with van der Waals surface area (Å²) in [7, 11) is 0. The Hall–Kier alpha value is -3.30. The van der Waals surface area contributed by atoms with Crippen molar-refractivity contribution < 1.29 is 24.1 Å². The molecule has 2 amide bonds. The number of carbonyl (C=O) groups is 2. The smallest absolute Gasteiger partial charge is 0.270 e. The van der Waals surface area contributed by atoms with E-state index < -0.39 is 10.8 Å². The minimum Gasteiger partial charge on any atom is -0.370 e. The first-order valence-corrected chi connectivity index (χ1v) is 9.39. The highest BCUT2D eigenvalue weighted by molar-refractivity contribution is 6.09. The molecule has 0 atom stereocenters. The molecule has 29 heavy (non-hydrogen) atoms. The van der Waals surface area contributed by atoms with Gasteiger partial charge in [-0.15, -0.1) is 0 Å². The number of hydrogen-bond acceptors (Lipinski definition) is 5. The van der Waals surface area contributed by atoms with Crippen LogP contribution in [0.3, 0.4) is 0 Å². The molecule has 1 heterocycles. The first-order valence-electron chi connectivity index (χ1n) is 9.39. The average Bonchev–Trinajstić information content (AvgIpc) is 2.75. The number of nitrogens with one attached hydrogen (secondary N) is 3. The number of benzene rings is 2. The summed E-state index contributed by atoms with van der Waals surface area (Å²) in [6.07, 6.45) is 0. The van der Waals surface area contributed by atoms with Gasteiger partial charge in [0, 0.05) is 17.7 Å². The van der Waals surface area contributed by atoms with E-state index in [0.29, 0.717) is 17.8 Å². The van der Waals surface area contributed by atoms with Gasteiger partial charge in [0.25, 0.3) is 17.5 Å². The van der Waals surface area contributed by atoms with E-state index in [1.165, 1.54) is 29.2 Å². The Labute approximate surface area is 167 Å². The first kappa shape index (κ1) is 20.4. The van der Waals surface area contributed by atoms with Gasteiger partial charge in [0.15, 0.2) is 0 Å². The van der Waals surface area contributed by atoms with Crippen LogP contribution >= 0.6 is 0 Å². The van der Waals surface area contributed by atoms with Crippen molar-refractivity contribution >= 4 is 23.2 Å². The molecular formula is C20H23N4O5+. The van der Waals surface area contributed by atoms with Crippen LogP contribution in [0.1, 0.15) is 20.7 Å². The van der Waals surface area contributed by atoms with Gasteiger partial charge in [0.2, 0.25) is 0 Å². The minimum absolute atomic E-state index is 0.144. The van der Waals surface area contributed by atoms with Crippen LogP contribution in [0, 0.1) is 10.1 Å². The zero-order valence-corrected chi connectivity index (χ0v) is 15.8. The van der Waals surface area contributed by atoms with E-state index in [1.54, 1.807) is 24.3 Å². The molecule has 9 heteroatoms. The average molecular weight is 399 g/mol. The van der Waals surface area contributed by atoms with Crippen molar-refractivity contribution in [3.8, 4) is 0 Å². The number of nitrogens with zero attached hydrogens (tertiary/aromatic N) is 1. The predicted octanol–water partition coefficient (Wildman–Crippen LogP) is 0.492. The molecule has 1 saturated heterocycles. The summed E-state index contributed by atoms with van der Waals surface area (Å²) in [6, 6.07) is 12.1. The van der Waals surface area contributed by atoms with Gasteiger partial charge in [-0.1, -0.05) is 18.2 Å². The van der Waals surface area contributed by atoms with Crippen molar-refractivity contribution in [1.29, 1.82) is 0 Å². The number of nitro benzene ring substituents is 1. The number of non-ortho nitro benzene ring substituents is 1. The lowest BCUT2D eigenvalue weighted by atomic mass is 10.1. The molecule has 3 rings (SSSR count). The van der Waals surface area contributed by atoms with Crippen LogP contribution < -0.4 is 15.5 Å². The van der Waals surface area contributed by atoms with E-state index in [1.807, 2.05) is 0 Å². The van der Waals surface area contributed by atoms with Crippen molar-refractivity contribution in [2.75, 3.05) is 44.7 Å². The number of anilines is 1. The van der Waals surface area contributed by atoms with Crippen LogP contribution in [0.25, 0.3) is 0 Å². The molecule has 2 aromatic carbocycles. The summed E-state index contributed by atoms with van der Waals surface area (Å²) in [6.45, 7) is 4.63. The highest BCUT2D eigenvalue weighted by Gasteiger charge is 2.17. The quantitative estimate of drug-likeness (QED) is 0.463. The number of nitro groups is 1. The SMILES string of the molecule is O=C(Nc1ccccc1C(=O)NCC[NH+]1CCOCC1)c1cccc([N+](=O)[O-])c1. The number of amides is 2. The van der Waals surface area contributed by atoms with Crippen molar-refractivity contribution in [2.45, 2.75) is 0 Å². The number of morpholine rings is 1. The molecule has 9 nitrogen and oxygen atoms in total. The van der Waals surface area contributed by atoms with Crippen molar-refractivity contribution in [1.82, 2.24) is 5.32 Å². The number of ether oxygens (including phenoxy) is 1. The molecule has 0 unspecified atom stereocenters. The maximum absolute atomic E-state index is 12.6. The Balaban J connectivity index is 1.63. The Morgan fingerprint density at radius 2 is 1.83 bits per heavy atom. The Kier molecular flexibility index (Phi) is 6.88. The van der Waals surface area contributed by atoms with Crippen LogP contribution in [0.5, 0.6) is 0 Å². The number of para-hydroxylation sites is 1.